The zero-order chi connectivity index (χ0) is 17.8. The van der Waals surface area contributed by atoms with Crippen molar-refractivity contribution in [1.29, 1.82) is 0 Å². The number of rotatable bonds is 5. The summed E-state index contributed by atoms with van der Waals surface area (Å²) in [5.41, 5.74) is 2.66. The van der Waals surface area contributed by atoms with E-state index in [-0.39, 0.29) is 5.91 Å². The number of nitrogens with zero attached hydrogens (tertiary/aromatic N) is 3. The quantitative estimate of drug-likeness (QED) is 0.741. The molecule has 1 amide bonds. The highest BCUT2D eigenvalue weighted by Gasteiger charge is 2.25. The monoisotopic (exact) mass is 359 g/mol. The van der Waals surface area contributed by atoms with Gasteiger partial charge in [-0.2, -0.15) is 0 Å². The van der Waals surface area contributed by atoms with Crippen LogP contribution in [-0.2, 0) is 5.75 Å². The molecule has 0 aliphatic heterocycles. The molecule has 25 heavy (non-hydrogen) atoms. The van der Waals surface area contributed by atoms with Crippen molar-refractivity contribution < 1.29 is 9.32 Å². The number of pyridine rings is 1. The molecule has 5 nitrogen and oxygen atoms in total. The summed E-state index contributed by atoms with van der Waals surface area (Å²) in [7, 11) is 1.92. The molecule has 3 rings (SSSR count). The second-order valence-electron chi connectivity index (χ2n) is 6.66. The molecule has 0 saturated heterocycles. The van der Waals surface area contributed by atoms with Crippen molar-refractivity contribution in [1.82, 2.24) is 15.0 Å². The number of hydrogen-bond donors (Lipinski definition) is 0. The van der Waals surface area contributed by atoms with E-state index in [0.29, 0.717) is 17.4 Å². The Hall–Kier alpha value is -1.82. The number of carbonyl (C=O) groups excluding carboxylic acids is 1. The molecular weight excluding hydrogens is 334 g/mol. The third kappa shape index (κ3) is 4.06. The Bertz CT molecular complexity index is 719. The third-order valence-electron chi connectivity index (χ3n) is 4.98. The lowest BCUT2D eigenvalue weighted by Gasteiger charge is -2.31. The first-order valence-corrected chi connectivity index (χ1v) is 9.83. The molecular formula is C19H25N3O2S. The van der Waals surface area contributed by atoms with Gasteiger partial charge in [-0.15, -0.1) is 11.8 Å². The van der Waals surface area contributed by atoms with Crippen molar-refractivity contribution >= 4 is 17.7 Å². The standard InChI is InChI=1S/C19H25N3O2S/c1-13-17(14(2)24-21-13)12-25-18-16(10-7-11-20-18)19(23)22(3)15-8-5-4-6-9-15/h7,10-11,15H,4-6,8-9,12H2,1-3H3. The second-order valence-corrected chi connectivity index (χ2v) is 7.62. The molecule has 0 unspecified atom stereocenters. The van der Waals surface area contributed by atoms with Gasteiger partial charge in [0.1, 0.15) is 10.8 Å². The van der Waals surface area contributed by atoms with Crippen molar-refractivity contribution in [2.75, 3.05) is 7.05 Å². The van der Waals surface area contributed by atoms with Crippen LogP contribution in [0.5, 0.6) is 0 Å². The van der Waals surface area contributed by atoms with Crippen LogP contribution < -0.4 is 0 Å². The SMILES string of the molecule is Cc1noc(C)c1CSc1ncccc1C(=O)N(C)C1CCCCC1. The maximum atomic E-state index is 13.0. The van der Waals surface area contributed by atoms with Gasteiger partial charge in [0, 0.05) is 30.6 Å². The lowest BCUT2D eigenvalue weighted by Crippen LogP contribution is -2.38. The molecule has 1 aliphatic carbocycles. The number of hydrogen-bond acceptors (Lipinski definition) is 5. The molecule has 0 atom stereocenters. The summed E-state index contributed by atoms with van der Waals surface area (Å²) in [5.74, 6) is 1.60. The predicted molar refractivity (Wildman–Crippen MR) is 98.7 cm³/mol. The molecule has 134 valence electrons. The Balaban J connectivity index is 1.74. The van der Waals surface area contributed by atoms with E-state index >= 15 is 0 Å². The lowest BCUT2D eigenvalue weighted by molar-refractivity contribution is 0.0692. The van der Waals surface area contributed by atoms with E-state index in [1.807, 2.05) is 37.9 Å². The van der Waals surface area contributed by atoms with Crippen LogP contribution in [0.2, 0.25) is 0 Å². The lowest BCUT2D eigenvalue weighted by atomic mass is 9.94. The Morgan fingerprint density at radius 2 is 2.08 bits per heavy atom. The van der Waals surface area contributed by atoms with Gasteiger partial charge < -0.3 is 9.42 Å². The summed E-state index contributed by atoms with van der Waals surface area (Å²) in [6.07, 6.45) is 7.65. The van der Waals surface area contributed by atoms with Gasteiger partial charge in [-0.1, -0.05) is 24.4 Å². The number of amides is 1. The summed E-state index contributed by atoms with van der Waals surface area (Å²) in [4.78, 5) is 19.4. The van der Waals surface area contributed by atoms with Crippen LogP contribution in [0.4, 0.5) is 0 Å². The topological polar surface area (TPSA) is 59.2 Å². The summed E-state index contributed by atoms with van der Waals surface area (Å²) in [6.45, 7) is 3.85. The Labute approximate surface area is 153 Å². The average Bonchev–Trinajstić information content (AvgIpc) is 2.97. The van der Waals surface area contributed by atoms with Gasteiger partial charge in [-0.05, 0) is 38.8 Å². The van der Waals surface area contributed by atoms with Gasteiger partial charge in [0.05, 0.1) is 11.3 Å². The minimum atomic E-state index is 0.0706. The highest BCUT2D eigenvalue weighted by molar-refractivity contribution is 7.98. The van der Waals surface area contributed by atoms with Crippen LogP contribution in [0.3, 0.4) is 0 Å². The van der Waals surface area contributed by atoms with Crippen molar-refractivity contribution in [3.8, 4) is 0 Å². The maximum absolute atomic E-state index is 13.0. The van der Waals surface area contributed by atoms with Crippen LogP contribution in [0.25, 0.3) is 0 Å². The van der Waals surface area contributed by atoms with Gasteiger partial charge in [-0.25, -0.2) is 4.98 Å². The molecule has 2 aromatic heterocycles. The largest absolute Gasteiger partial charge is 0.361 e. The molecule has 1 aliphatic rings. The Kier molecular flexibility index (Phi) is 5.78. The van der Waals surface area contributed by atoms with E-state index in [0.717, 1.165) is 34.9 Å². The van der Waals surface area contributed by atoms with E-state index in [4.69, 9.17) is 4.52 Å². The molecule has 1 saturated carbocycles. The number of aromatic nitrogens is 2. The first-order valence-electron chi connectivity index (χ1n) is 8.84. The zero-order valence-electron chi connectivity index (χ0n) is 15.1. The summed E-state index contributed by atoms with van der Waals surface area (Å²) >= 11 is 1.57. The minimum Gasteiger partial charge on any atom is -0.361 e. The van der Waals surface area contributed by atoms with Gasteiger partial charge in [0.2, 0.25) is 0 Å². The van der Waals surface area contributed by atoms with Crippen LogP contribution in [-0.4, -0.2) is 34.0 Å². The summed E-state index contributed by atoms with van der Waals surface area (Å²) in [5, 5.41) is 4.76. The van der Waals surface area contributed by atoms with E-state index in [2.05, 4.69) is 10.1 Å². The average molecular weight is 359 g/mol. The second kappa shape index (κ2) is 8.04. The highest BCUT2D eigenvalue weighted by Crippen LogP contribution is 2.29. The highest BCUT2D eigenvalue weighted by atomic mass is 32.2. The number of aryl methyl sites for hydroxylation is 2. The van der Waals surface area contributed by atoms with Crippen LogP contribution in [0, 0.1) is 13.8 Å². The van der Waals surface area contributed by atoms with Gasteiger partial charge in [0.25, 0.3) is 5.91 Å². The van der Waals surface area contributed by atoms with Crippen LogP contribution >= 0.6 is 11.8 Å². The first kappa shape index (κ1) is 18.0. The van der Waals surface area contributed by atoms with Gasteiger partial charge in [-0.3, -0.25) is 4.79 Å². The molecule has 2 aromatic rings. The van der Waals surface area contributed by atoms with E-state index in [9.17, 15) is 4.79 Å². The van der Waals surface area contributed by atoms with Crippen molar-refractivity contribution in [3.05, 3.63) is 40.9 Å². The normalized spacial score (nSPS) is 15.3. The van der Waals surface area contributed by atoms with Crippen LogP contribution in [0.15, 0.2) is 27.9 Å². The maximum Gasteiger partial charge on any atom is 0.256 e. The fraction of sp³-hybridized carbons (Fsp3) is 0.526. The van der Waals surface area contributed by atoms with Crippen molar-refractivity contribution in [3.63, 3.8) is 0 Å². The minimum absolute atomic E-state index is 0.0706. The Morgan fingerprint density at radius 3 is 2.76 bits per heavy atom. The van der Waals surface area contributed by atoms with Crippen LogP contribution in [0.1, 0.15) is 59.5 Å². The van der Waals surface area contributed by atoms with E-state index in [1.165, 1.54) is 19.3 Å². The molecule has 0 spiro atoms. The number of thioether (sulfide) groups is 1. The third-order valence-corrected chi connectivity index (χ3v) is 6.01. The molecule has 0 bridgehead atoms. The first-order chi connectivity index (χ1) is 12.1. The molecule has 0 aromatic carbocycles. The molecule has 0 N–H and O–H groups in total. The van der Waals surface area contributed by atoms with Crippen molar-refractivity contribution in [2.24, 2.45) is 0 Å². The predicted octanol–water partition coefficient (Wildman–Crippen LogP) is 4.38. The molecule has 2 heterocycles. The van der Waals surface area contributed by atoms with Gasteiger partial charge >= 0.3 is 0 Å². The smallest absolute Gasteiger partial charge is 0.256 e. The summed E-state index contributed by atoms with van der Waals surface area (Å²) < 4.78 is 5.22. The zero-order valence-corrected chi connectivity index (χ0v) is 15.9. The Morgan fingerprint density at radius 1 is 1.32 bits per heavy atom. The van der Waals surface area contributed by atoms with E-state index < -0.39 is 0 Å². The number of carbonyl (C=O) groups is 1. The molecule has 6 heteroatoms. The van der Waals surface area contributed by atoms with E-state index in [1.54, 1.807) is 18.0 Å². The van der Waals surface area contributed by atoms with Crippen molar-refractivity contribution in [2.45, 2.75) is 62.8 Å². The fourth-order valence-electron chi connectivity index (χ4n) is 3.34. The molecule has 1 fully saturated rings. The summed E-state index contributed by atoms with van der Waals surface area (Å²) in [6, 6.07) is 4.06. The van der Waals surface area contributed by atoms with Gasteiger partial charge in [0.15, 0.2) is 0 Å². The fourth-order valence-corrected chi connectivity index (χ4v) is 4.48. The molecule has 0 radical (unpaired) electrons.